The fourth-order valence-corrected chi connectivity index (χ4v) is 4.97. The molecule has 2 amide bonds. The molecule has 0 unspecified atom stereocenters. The Hall–Kier alpha value is -1.61. The van der Waals surface area contributed by atoms with Crippen molar-refractivity contribution < 1.29 is 9.59 Å². The number of carbonyl (C=O) groups excluding carboxylic acids is 2. The molecule has 2 bridgehead atoms. The summed E-state index contributed by atoms with van der Waals surface area (Å²) in [4.78, 5) is 25.8. The van der Waals surface area contributed by atoms with E-state index in [9.17, 15) is 9.59 Å². The molecule has 1 spiro atoms. The van der Waals surface area contributed by atoms with Gasteiger partial charge in [-0.05, 0) is 54.2 Å². The van der Waals surface area contributed by atoms with E-state index in [0.29, 0.717) is 40.3 Å². The predicted molar refractivity (Wildman–Crippen MR) is 85.4 cm³/mol. The Morgan fingerprint density at radius 1 is 1.32 bits per heavy atom. The maximum absolute atomic E-state index is 13.0. The van der Waals surface area contributed by atoms with E-state index in [1.165, 1.54) is 17.7 Å². The lowest BCUT2D eigenvalue weighted by atomic mass is 9.83. The lowest BCUT2D eigenvalue weighted by molar-refractivity contribution is -0.126. The number of anilines is 1. The largest absolute Gasteiger partial charge is 0.278 e. The first-order chi connectivity index (χ1) is 10.6. The Kier molecular flexibility index (Phi) is 2.99. The van der Waals surface area contributed by atoms with E-state index in [1.54, 1.807) is 24.3 Å². The highest BCUT2D eigenvalue weighted by molar-refractivity contribution is 6.31. The molecule has 114 valence electrons. The maximum Gasteiger partial charge on any atom is 0.237 e. The summed E-state index contributed by atoms with van der Waals surface area (Å²) < 4.78 is 0. The number of allylic oxidation sites excluding steroid dienone is 2. The zero-order valence-corrected chi connectivity index (χ0v) is 13.2. The van der Waals surface area contributed by atoms with Gasteiger partial charge in [0.05, 0.1) is 5.69 Å². The Labute approximate surface area is 134 Å². The van der Waals surface area contributed by atoms with E-state index in [0.717, 1.165) is 0 Å². The summed E-state index contributed by atoms with van der Waals surface area (Å²) in [5, 5.41) is 0.525. The number of halogens is 1. The van der Waals surface area contributed by atoms with Crippen LogP contribution in [0, 0.1) is 29.1 Å². The van der Waals surface area contributed by atoms with Gasteiger partial charge in [0.25, 0.3) is 0 Å². The van der Waals surface area contributed by atoms with Gasteiger partial charge in [0.2, 0.25) is 12.3 Å². The van der Waals surface area contributed by atoms with Gasteiger partial charge in [-0.1, -0.05) is 36.7 Å². The predicted octanol–water partition coefficient (Wildman–Crippen LogP) is 3.68. The minimum absolute atomic E-state index is 0.0899. The van der Waals surface area contributed by atoms with Crippen molar-refractivity contribution >= 4 is 29.6 Å². The van der Waals surface area contributed by atoms with Crippen LogP contribution in [-0.2, 0) is 9.59 Å². The molecular formula is C18H18ClNO2. The van der Waals surface area contributed by atoms with Crippen LogP contribution in [0.1, 0.15) is 19.8 Å². The molecule has 2 fully saturated rings. The van der Waals surface area contributed by atoms with Crippen molar-refractivity contribution in [3.05, 3.63) is 41.4 Å². The van der Waals surface area contributed by atoms with Crippen LogP contribution in [0.2, 0.25) is 5.02 Å². The Morgan fingerprint density at radius 2 is 2.05 bits per heavy atom. The summed E-state index contributed by atoms with van der Waals surface area (Å²) in [7, 11) is 0. The van der Waals surface area contributed by atoms with E-state index < -0.39 is 0 Å². The average molecular weight is 316 g/mol. The van der Waals surface area contributed by atoms with Crippen molar-refractivity contribution in [1.82, 2.24) is 0 Å². The molecular weight excluding hydrogens is 298 g/mol. The molecule has 4 rings (SSSR count). The van der Waals surface area contributed by atoms with Gasteiger partial charge >= 0.3 is 0 Å². The van der Waals surface area contributed by atoms with Crippen LogP contribution in [0.15, 0.2) is 36.4 Å². The second-order valence-corrected chi connectivity index (χ2v) is 7.28. The molecule has 0 aliphatic heterocycles. The third-order valence-electron chi connectivity index (χ3n) is 5.92. The fraction of sp³-hybridized carbons (Fsp3) is 0.444. The average Bonchev–Trinajstić information content (AvgIpc) is 3.15. The lowest BCUT2D eigenvalue weighted by Crippen LogP contribution is -2.39. The third-order valence-corrected chi connectivity index (χ3v) is 6.15. The highest BCUT2D eigenvalue weighted by Gasteiger charge is 2.67. The summed E-state index contributed by atoms with van der Waals surface area (Å²) in [5.74, 6) is 0.905. The van der Waals surface area contributed by atoms with Crippen molar-refractivity contribution in [3.8, 4) is 0 Å². The SMILES string of the molecule is C[C@H]1[C@@H](C(=O)N(C=O)c2cccc(Cl)c2)[C@@H]2C=C[C@H]1C21CC1. The number of hydrogen-bond acceptors (Lipinski definition) is 2. The molecule has 0 heterocycles. The van der Waals surface area contributed by atoms with Crippen LogP contribution in [-0.4, -0.2) is 12.3 Å². The van der Waals surface area contributed by atoms with Gasteiger partial charge in [0.1, 0.15) is 0 Å². The number of nitrogens with zero attached hydrogens (tertiary/aromatic N) is 1. The van der Waals surface area contributed by atoms with Gasteiger partial charge < -0.3 is 0 Å². The molecule has 0 radical (unpaired) electrons. The Morgan fingerprint density at radius 3 is 2.64 bits per heavy atom. The number of imide groups is 1. The maximum atomic E-state index is 13.0. The van der Waals surface area contributed by atoms with Crippen molar-refractivity contribution in [2.45, 2.75) is 19.8 Å². The highest BCUT2D eigenvalue weighted by Crippen LogP contribution is 2.72. The molecule has 3 aliphatic carbocycles. The minimum Gasteiger partial charge on any atom is -0.278 e. The number of benzene rings is 1. The second-order valence-electron chi connectivity index (χ2n) is 6.85. The summed E-state index contributed by atoms with van der Waals surface area (Å²) in [5.41, 5.74) is 0.874. The van der Waals surface area contributed by atoms with Gasteiger partial charge in [0.15, 0.2) is 0 Å². The molecule has 4 atom stereocenters. The summed E-state index contributed by atoms with van der Waals surface area (Å²) in [6.45, 7) is 2.15. The van der Waals surface area contributed by atoms with Crippen LogP contribution in [0.3, 0.4) is 0 Å². The molecule has 1 aromatic carbocycles. The number of carbonyl (C=O) groups is 2. The van der Waals surface area contributed by atoms with Crippen LogP contribution < -0.4 is 4.90 Å². The number of rotatable bonds is 3. The molecule has 22 heavy (non-hydrogen) atoms. The summed E-state index contributed by atoms with van der Waals surface area (Å²) >= 11 is 5.99. The summed E-state index contributed by atoms with van der Waals surface area (Å²) in [6.07, 6.45) is 7.54. The van der Waals surface area contributed by atoms with Crippen molar-refractivity contribution in [1.29, 1.82) is 0 Å². The first-order valence-corrected chi connectivity index (χ1v) is 8.18. The van der Waals surface area contributed by atoms with E-state index >= 15 is 0 Å². The molecule has 2 saturated carbocycles. The molecule has 1 aromatic rings. The standard InChI is InChI=1S/C18H18ClNO2/c1-11-14-5-6-15(18(14)7-8-18)16(11)17(22)20(10-21)13-4-2-3-12(19)9-13/h2-6,9-11,14-16H,7-8H2,1H3/t11-,14-,15+,16-/m1/s1. The first-order valence-electron chi connectivity index (χ1n) is 7.81. The van der Waals surface area contributed by atoms with Gasteiger partial charge in [-0.2, -0.15) is 0 Å². The normalized spacial score (nSPS) is 33.2. The van der Waals surface area contributed by atoms with Crippen LogP contribution in [0.5, 0.6) is 0 Å². The quantitative estimate of drug-likeness (QED) is 0.630. The van der Waals surface area contributed by atoms with E-state index in [1.807, 2.05) is 0 Å². The van der Waals surface area contributed by atoms with Crippen LogP contribution >= 0.6 is 11.6 Å². The Balaban J connectivity index is 1.66. The molecule has 3 aliphatic rings. The van der Waals surface area contributed by atoms with Gasteiger partial charge in [-0.3, -0.25) is 14.5 Å². The molecule has 0 saturated heterocycles. The number of hydrogen-bond donors (Lipinski definition) is 0. The number of amides is 2. The van der Waals surface area contributed by atoms with Gasteiger partial charge in [-0.15, -0.1) is 0 Å². The molecule has 4 heteroatoms. The molecule has 3 nitrogen and oxygen atoms in total. The van der Waals surface area contributed by atoms with E-state index in [2.05, 4.69) is 19.1 Å². The van der Waals surface area contributed by atoms with Crippen molar-refractivity contribution in [3.63, 3.8) is 0 Å². The fourth-order valence-electron chi connectivity index (χ4n) is 4.79. The van der Waals surface area contributed by atoms with E-state index in [-0.39, 0.29) is 11.8 Å². The highest BCUT2D eigenvalue weighted by atomic mass is 35.5. The lowest BCUT2D eigenvalue weighted by Gasteiger charge is -2.27. The van der Waals surface area contributed by atoms with Crippen LogP contribution in [0.4, 0.5) is 5.69 Å². The monoisotopic (exact) mass is 315 g/mol. The van der Waals surface area contributed by atoms with Gasteiger partial charge in [-0.25, -0.2) is 0 Å². The van der Waals surface area contributed by atoms with Gasteiger partial charge in [0, 0.05) is 10.9 Å². The van der Waals surface area contributed by atoms with E-state index in [4.69, 9.17) is 11.6 Å². The second kappa shape index (κ2) is 4.69. The molecule has 0 aromatic heterocycles. The zero-order chi connectivity index (χ0) is 15.5. The third kappa shape index (κ3) is 1.75. The van der Waals surface area contributed by atoms with Crippen molar-refractivity contribution in [2.24, 2.45) is 29.1 Å². The zero-order valence-electron chi connectivity index (χ0n) is 12.4. The van der Waals surface area contributed by atoms with Crippen LogP contribution in [0.25, 0.3) is 0 Å². The minimum atomic E-state index is -0.0957. The topological polar surface area (TPSA) is 37.4 Å². The smallest absolute Gasteiger partial charge is 0.237 e. The summed E-state index contributed by atoms with van der Waals surface area (Å²) in [6, 6.07) is 6.90. The van der Waals surface area contributed by atoms with Crippen molar-refractivity contribution in [2.75, 3.05) is 4.90 Å². The molecule has 0 N–H and O–H groups in total. The first kappa shape index (κ1) is 14.0. The Bertz CT molecular complexity index is 679.